The summed E-state index contributed by atoms with van der Waals surface area (Å²) in [5.41, 5.74) is 3.07. The number of hydrogen-bond acceptors (Lipinski definition) is 4. The van der Waals surface area contributed by atoms with Gasteiger partial charge in [-0.25, -0.2) is 0 Å². The van der Waals surface area contributed by atoms with Crippen LogP contribution in [0.25, 0.3) is 16.8 Å². The van der Waals surface area contributed by atoms with Gasteiger partial charge in [-0.2, -0.15) is 5.26 Å². The average molecular weight is 545 g/mol. The highest BCUT2D eigenvalue weighted by Crippen LogP contribution is 2.26. The second-order valence-electron chi connectivity index (χ2n) is 8.99. The summed E-state index contributed by atoms with van der Waals surface area (Å²) in [6, 6.07) is 38.0. The fraction of sp³-hybridized carbons (Fsp3) is 0.0588. The van der Waals surface area contributed by atoms with E-state index in [4.69, 9.17) is 21.1 Å². The van der Waals surface area contributed by atoms with E-state index in [-0.39, 0.29) is 5.57 Å². The van der Waals surface area contributed by atoms with Gasteiger partial charge in [0, 0.05) is 21.8 Å². The van der Waals surface area contributed by atoms with Crippen molar-refractivity contribution in [3.05, 3.63) is 143 Å². The van der Waals surface area contributed by atoms with Gasteiger partial charge in [-0.15, -0.1) is 0 Å². The van der Waals surface area contributed by atoms with Crippen molar-refractivity contribution in [3.63, 3.8) is 0 Å². The van der Waals surface area contributed by atoms with Crippen molar-refractivity contribution in [1.29, 1.82) is 5.26 Å². The number of nitriles is 1. The predicted octanol–water partition coefficient (Wildman–Crippen LogP) is 8.20. The third-order valence-corrected chi connectivity index (χ3v) is 6.68. The number of halogens is 1. The highest BCUT2D eigenvalue weighted by molar-refractivity contribution is 6.31. The van der Waals surface area contributed by atoms with Crippen LogP contribution < -0.4 is 14.8 Å². The van der Waals surface area contributed by atoms with E-state index in [2.05, 4.69) is 23.5 Å². The molecule has 40 heavy (non-hydrogen) atoms. The number of hydrogen-bond donors (Lipinski definition) is 1. The van der Waals surface area contributed by atoms with Gasteiger partial charge < -0.3 is 14.8 Å². The molecule has 5 nitrogen and oxygen atoms in total. The van der Waals surface area contributed by atoms with Crippen molar-refractivity contribution in [2.45, 2.75) is 13.2 Å². The van der Waals surface area contributed by atoms with Crippen LogP contribution in [0.4, 0.5) is 5.69 Å². The number of carbonyl (C=O) groups excluding carboxylic acids is 1. The van der Waals surface area contributed by atoms with Crippen LogP contribution in [-0.4, -0.2) is 5.91 Å². The zero-order chi connectivity index (χ0) is 27.7. The van der Waals surface area contributed by atoms with Gasteiger partial charge in [0.25, 0.3) is 5.91 Å². The molecule has 0 aliphatic carbocycles. The Morgan fingerprint density at radius 1 is 0.775 bits per heavy atom. The largest absolute Gasteiger partial charge is 0.489 e. The van der Waals surface area contributed by atoms with Crippen molar-refractivity contribution >= 4 is 40.0 Å². The predicted molar refractivity (Wildman–Crippen MR) is 159 cm³/mol. The zero-order valence-electron chi connectivity index (χ0n) is 21.5. The maximum Gasteiger partial charge on any atom is 0.266 e. The van der Waals surface area contributed by atoms with Crippen molar-refractivity contribution in [2.75, 3.05) is 5.32 Å². The summed E-state index contributed by atoms with van der Waals surface area (Å²) in [5.74, 6) is 0.693. The van der Waals surface area contributed by atoms with Crippen LogP contribution in [0.2, 0.25) is 5.02 Å². The van der Waals surface area contributed by atoms with Gasteiger partial charge in [-0.1, -0.05) is 90.5 Å². The number of ether oxygens (including phenoxy) is 2. The second kappa shape index (κ2) is 12.7. The van der Waals surface area contributed by atoms with Crippen LogP contribution in [0.3, 0.4) is 0 Å². The summed E-state index contributed by atoms with van der Waals surface area (Å²) in [6.07, 6.45) is 1.54. The smallest absolute Gasteiger partial charge is 0.266 e. The number of benzene rings is 5. The number of amides is 1. The first-order chi connectivity index (χ1) is 19.6. The van der Waals surface area contributed by atoms with Crippen LogP contribution in [0.5, 0.6) is 11.5 Å². The molecular formula is C34H25ClN2O3. The lowest BCUT2D eigenvalue weighted by Gasteiger charge is -2.12. The standard InChI is InChI=1S/C34H25ClN2O3/c35-32-14-5-2-10-27(32)23-39-30-18-16-29(17-19-30)37-34(38)28(21-36)20-25-9-3-6-15-33(25)40-22-26-12-7-11-24-8-1-4-13-31(24)26/h1-20H,22-23H2,(H,37,38)/b28-20+. The summed E-state index contributed by atoms with van der Waals surface area (Å²) >= 11 is 6.18. The molecule has 0 spiro atoms. The van der Waals surface area contributed by atoms with Crippen molar-refractivity contribution in [2.24, 2.45) is 0 Å². The van der Waals surface area contributed by atoms with E-state index in [0.29, 0.717) is 41.0 Å². The molecule has 0 aromatic heterocycles. The highest BCUT2D eigenvalue weighted by Gasteiger charge is 2.12. The van der Waals surface area contributed by atoms with Gasteiger partial charge in [-0.3, -0.25) is 4.79 Å². The topological polar surface area (TPSA) is 71.3 Å². The van der Waals surface area contributed by atoms with Crippen LogP contribution in [0, 0.1) is 11.3 Å². The Hall–Kier alpha value is -5.05. The molecule has 0 atom stereocenters. The lowest BCUT2D eigenvalue weighted by atomic mass is 10.1. The SMILES string of the molecule is N#C/C(=C\c1ccccc1OCc1cccc2ccccc12)C(=O)Nc1ccc(OCc2ccccc2Cl)cc1. The first kappa shape index (κ1) is 26.6. The van der Waals surface area contributed by atoms with Gasteiger partial charge >= 0.3 is 0 Å². The minimum atomic E-state index is -0.518. The minimum Gasteiger partial charge on any atom is -0.489 e. The molecule has 0 aliphatic rings. The summed E-state index contributed by atoms with van der Waals surface area (Å²) in [5, 5.41) is 15.4. The Morgan fingerprint density at radius 2 is 1.45 bits per heavy atom. The fourth-order valence-corrected chi connectivity index (χ4v) is 4.41. The van der Waals surface area contributed by atoms with Gasteiger partial charge in [0.1, 0.15) is 36.4 Å². The molecule has 1 N–H and O–H groups in total. The number of fused-ring (bicyclic) bond motifs is 1. The quantitative estimate of drug-likeness (QED) is 0.150. The molecule has 0 heterocycles. The van der Waals surface area contributed by atoms with Gasteiger partial charge in [-0.05, 0) is 58.8 Å². The van der Waals surface area contributed by atoms with Crippen LogP contribution in [-0.2, 0) is 18.0 Å². The monoisotopic (exact) mass is 544 g/mol. The van der Waals surface area contributed by atoms with Gasteiger partial charge in [0.05, 0.1) is 0 Å². The van der Waals surface area contributed by atoms with Gasteiger partial charge in [0.2, 0.25) is 0 Å². The number of carbonyl (C=O) groups is 1. The molecule has 6 heteroatoms. The third kappa shape index (κ3) is 6.50. The van der Waals surface area contributed by atoms with Crippen LogP contribution >= 0.6 is 11.6 Å². The Labute approximate surface area is 237 Å². The third-order valence-electron chi connectivity index (χ3n) is 6.31. The first-order valence-electron chi connectivity index (χ1n) is 12.7. The number of nitrogens with zero attached hydrogens (tertiary/aromatic N) is 1. The molecule has 196 valence electrons. The van der Waals surface area contributed by atoms with E-state index < -0.39 is 5.91 Å². The maximum atomic E-state index is 12.9. The first-order valence-corrected chi connectivity index (χ1v) is 13.1. The summed E-state index contributed by atoms with van der Waals surface area (Å²) in [4.78, 5) is 12.9. The number of rotatable bonds is 9. The molecule has 0 unspecified atom stereocenters. The number of para-hydroxylation sites is 1. The fourth-order valence-electron chi connectivity index (χ4n) is 4.22. The molecule has 0 aliphatic heterocycles. The molecular weight excluding hydrogens is 520 g/mol. The van der Waals surface area contributed by atoms with E-state index in [0.717, 1.165) is 21.9 Å². The van der Waals surface area contributed by atoms with E-state index in [1.54, 1.807) is 24.3 Å². The normalized spacial score (nSPS) is 11.1. The number of nitrogens with one attached hydrogen (secondary N) is 1. The zero-order valence-corrected chi connectivity index (χ0v) is 22.3. The number of anilines is 1. The molecule has 0 radical (unpaired) electrons. The molecule has 0 saturated carbocycles. The maximum absolute atomic E-state index is 12.9. The molecule has 5 aromatic carbocycles. The Bertz CT molecular complexity index is 1720. The summed E-state index contributed by atoms with van der Waals surface area (Å²) < 4.78 is 11.9. The van der Waals surface area contributed by atoms with Crippen LogP contribution in [0.15, 0.2) is 121 Å². The van der Waals surface area contributed by atoms with Crippen molar-refractivity contribution in [3.8, 4) is 17.6 Å². The van der Waals surface area contributed by atoms with Crippen molar-refractivity contribution < 1.29 is 14.3 Å². The molecule has 0 fully saturated rings. The lowest BCUT2D eigenvalue weighted by molar-refractivity contribution is -0.112. The van der Waals surface area contributed by atoms with E-state index >= 15 is 0 Å². The van der Waals surface area contributed by atoms with Crippen LogP contribution in [0.1, 0.15) is 16.7 Å². The minimum absolute atomic E-state index is 0.0414. The van der Waals surface area contributed by atoms with Crippen molar-refractivity contribution in [1.82, 2.24) is 0 Å². The summed E-state index contributed by atoms with van der Waals surface area (Å²) in [6.45, 7) is 0.680. The van der Waals surface area contributed by atoms with E-state index in [1.165, 1.54) is 6.08 Å². The molecule has 5 aromatic rings. The van der Waals surface area contributed by atoms with E-state index in [1.807, 2.05) is 78.9 Å². The molecule has 0 saturated heterocycles. The Morgan fingerprint density at radius 3 is 2.27 bits per heavy atom. The van der Waals surface area contributed by atoms with E-state index in [9.17, 15) is 10.1 Å². The molecule has 1 amide bonds. The molecule has 0 bridgehead atoms. The second-order valence-corrected chi connectivity index (χ2v) is 9.40. The lowest BCUT2D eigenvalue weighted by Crippen LogP contribution is -2.13. The Balaban J connectivity index is 1.25. The highest BCUT2D eigenvalue weighted by atomic mass is 35.5. The average Bonchev–Trinajstić information content (AvgIpc) is 2.99. The summed E-state index contributed by atoms with van der Waals surface area (Å²) in [7, 11) is 0. The van der Waals surface area contributed by atoms with Gasteiger partial charge in [0.15, 0.2) is 0 Å². The molecule has 5 rings (SSSR count). The Kier molecular flexibility index (Phi) is 8.41.